The van der Waals surface area contributed by atoms with Crippen LogP contribution in [0.1, 0.15) is 39.5 Å². The molecule has 0 N–H and O–H groups in total. The monoisotopic (exact) mass is 198 g/mol. The van der Waals surface area contributed by atoms with Crippen molar-refractivity contribution in [2.75, 3.05) is 19.8 Å². The van der Waals surface area contributed by atoms with Crippen LogP contribution < -0.4 is 0 Å². The number of hydrogen-bond acceptors (Lipinski definition) is 2. The zero-order valence-corrected chi connectivity index (χ0v) is 9.42. The van der Waals surface area contributed by atoms with Crippen LogP contribution in [0.25, 0.3) is 0 Å². The summed E-state index contributed by atoms with van der Waals surface area (Å²) >= 11 is 0. The van der Waals surface area contributed by atoms with Crippen molar-refractivity contribution in [3.63, 3.8) is 0 Å². The van der Waals surface area contributed by atoms with Gasteiger partial charge >= 0.3 is 0 Å². The van der Waals surface area contributed by atoms with Gasteiger partial charge < -0.3 is 9.47 Å². The van der Waals surface area contributed by atoms with Crippen molar-refractivity contribution in [3.8, 4) is 0 Å². The van der Waals surface area contributed by atoms with Crippen LogP contribution in [0, 0.1) is 11.8 Å². The van der Waals surface area contributed by atoms with E-state index in [1.807, 2.05) is 0 Å². The van der Waals surface area contributed by atoms with Gasteiger partial charge in [-0.15, -0.1) is 0 Å². The zero-order valence-electron chi connectivity index (χ0n) is 9.42. The van der Waals surface area contributed by atoms with Gasteiger partial charge in [0.15, 0.2) is 0 Å². The van der Waals surface area contributed by atoms with E-state index in [-0.39, 0.29) is 5.60 Å². The zero-order chi connectivity index (χ0) is 10.0. The first-order chi connectivity index (χ1) is 6.66. The van der Waals surface area contributed by atoms with E-state index in [1.54, 1.807) is 0 Å². The van der Waals surface area contributed by atoms with Crippen LogP contribution in [0.4, 0.5) is 0 Å². The van der Waals surface area contributed by atoms with Gasteiger partial charge in [-0.25, -0.2) is 0 Å². The van der Waals surface area contributed by atoms with E-state index in [1.165, 1.54) is 25.7 Å². The van der Waals surface area contributed by atoms with Crippen LogP contribution in [0.5, 0.6) is 0 Å². The summed E-state index contributed by atoms with van der Waals surface area (Å²) in [6.07, 6.45) is 5.14. The summed E-state index contributed by atoms with van der Waals surface area (Å²) in [7, 11) is 0. The quantitative estimate of drug-likeness (QED) is 0.679. The first kappa shape index (κ1) is 10.4. The molecule has 0 aliphatic carbocycles. The Bertz CT molecular complexity index is 183. The van der Waals surface area contributed by atoms with Gasteiger partial charge in [0.25, 0.3) is 0 Å². The lowest BCUT2D eigenvalue weighted by atomic mass is 9.87. The van der Waals surface area contributed by atoms with Gasteiger partial charge in [-0.3, -0.25) is 0 Å². The van der Waals surface area contributed by atoms with Crippen LogP contribution in [-0.4, -0.2) is 25.4 Å². The van der Waals surface area contributed by atoms with Crippen molar-refractivity contribution in [1.29, 1.82) is 0 Å². The van der Waals surface area contributed by atoms with Crippen molar-refractivity contribution in [2.45, 2.75) is 45.1 Å². The third kappa shape index (κ3) is 2.71. The first-order valence-electron chi connectivity index (χ1n) is 5.87. The summed E-state index contributed by atoms with van der Waals surface area (Å²) in [5.41, 5.74) is 0.125. The highest BCUT2D eigenvalue weighted by Crippen LogP contribution is 2.34. The van der Waals surface area contributed by atoms with Gasteiger partial charge in [0.05, 0.1) is 12.2 Å². The predicted molar refractivity (Wildman–Crippen MR) is 56.3 cm³/mol. The van der Waals surface area contributed by atoms with Gasteiger partial charge in [0.1, 0.15) is 0 Å². The molecule has 0 spiro atoms. The van der Waals surface area contributed by atoms with E-state index in [4.69, 9.17) is 9.47 Å². The normalized spacial score (nSPS) is 37.3. The minimum Gasteiger partial charge on any atom is -0.381 e. The summed E-state index contributed by atoms with van der Waals surface area (Å²) in [6.45, 7) is 7.32. The Kier molecular flexibility index (Phi) is 3.13. The highest BCUT2D eigenvalue weighted by molar-refractivity contribution is 4.82. The first-order valence-corrected chi connectivity index (χ1v) is 5.87. The van der Waals surface area contributed by atoms with E-state index in [0.29, 0.717) is 0 Å². The Morgan fingerprint density at radius 2 is 2.07 bits per heavy atom. The van der Waals surface area contributed by atoms with E-state index in [9.17, 15) is 0 Å². The molecule has 0 aromatic rings. The fraction of sp³-hybridized carbons (Fsp3) is 1.00. The van der Waals surface area contributed by atoms with Gasteiger partial charge in [-0.05, 0) is 51.4 Å². The fourth-order valence-electron chi connectivity index (χ4n) is 2.77. The maximum atomic E-state index is 5.75. The standard InChI is InChI=1S/C12H22O2/c1-12(2)7-11(9-14-12)6-10-4-3-5-13-8-10/h10-11H,3-9H2,1-2H3. The Morgan fingerprint density at radius 1 is 1.21 bits per heavy atom. The Hall–Kier alpha value is -0.0800. The SMILES string of the molecule is CC1(C)CC(CC2CCCOC2)CO1. The second-order valence-corrected chi connectivity index (χ2v) is 5.46. The molecule has 2 heteroatoms. The molecular formula is C12H22O2. The summed E-state index contributed by atoms with van der Waals surface area (Å²) in [5, 5.41) is 0. The molecule has 2 rings (SSSR count). The average Bonchev–Trinajstić information content (AvgIpc) is 2.47. The molecule has 0 aromatic heterocycles. The third-order valence-electron chi connectivity index (χ3n) is 3.41. The van der Waals surface area contributed by atoms with Crippen LogP contribution in [-0.2, 0) is 9.47 Å². The topological polar surface area (TPSA) is 18.5 Å². The molecule has 0 bridgehead atoms. The molecule has 0 radical (unpaired) electrons. The molecule has 14 heavy (non-hydrogen) atoms. The van der Waals surface area contributed by atoms with Gasteiger partial charge in [-0.2, -0.15) is 0 Å². The van der Waals surface area contributed by atoms with Crippen LogP contribution in [0.15, 0.2) is 0 Å². The molecule has 2 heterocycles. The Labute approximate surface area is 87.0 Å². The minimum atomic E-state index is 0.125. The minimum absolute atomic E-state index is 0.125. The van der Waals surface area contributed by atoms with Crippen molar-refractivity contribution in [3.05, 3.63) is 0 Å². The fourth-order valence-corrected chi connectivity index (χ4v) is 2.77. The van der Waals surface area contributed by atoms with E-state index < -0.39 is 0 Å². The highest BCUT2D eigenvalue weighted by Gasteiger charge is 2.33. The van der Waals surface area contributed by atoms with Crippen LogP contribution >= 0.6 is 0 Å². The van der Waals surface area contributed by atoms with E-state index in [0.717, 1.165) is 31.7 Å². The molecule has 2 nitrogen and oxygen atoms in total. The third-order valence-corrected chi connectivity index (χ3v) is 3.41. The molecule has 82 valence electrons. The number of hydrogen-bond donors (Lipinski definition) is 0. The molecule has 2 saturated heterocycles. The smallest absolute Gasteiger partial charge is 0.0630 e. The second kappa shape index (κ2) is 4.19. The maximum absolute atomic E-state index is 5.75. The lowest BCUT2D eigenvalue weighted by molar-refractivity contribution is 0.0303. The molecule has 2 aliphatic rings. The lowest BCUT2D eigenvalue weighted by Crippen LogP contribution is -2.21. The van der Waals surface area contributed by atoms with Gasteiger partial charge in [-0.1, -0.05) is 0 Å². The number of ether oxygens (including phenoxy) is 2. The molecule has 2 aliphatic heterocycles. The molecule has 0 aromatic carbocycles. The van der Waals surface area contributed by atoms with E-state index >= 15 is 0 Å². The largest absolute Gasteiger partial charge is 0.381 e. The summed E-state index contributed by atoms with van der Waals surface area (Å²) in [6, 6.07) is 0. The lowest BCUT2D eigenvalue weighted by Gasteiger charge is -2.24. The molecule has 2 atom stereocenters. The maximum Gasteiger partial charge on any atom is 0.0630 e. The predicted octanol–water partition coefficient (Wildman–Crippen LogP) is 2.62. The molecule has 2 fully saturated rings. The second-order valence-electron chi connectivity index (χ2n) is 5.46. The highest BCUT2D eigenvalue weighted by atomic mass is 16.5. The van der Waals surface area contributed by atoms with Crippen molar-refractivity contribution >= 4 is 0 Å². The van der Waals surface area contributed by atoms with E-state index in [2.05, 4.69) is 13.8 Å². The number of rotatable bonds is 2. The Morgan fingerprint density at radius 3 is 2.64 bits per heavy atom. The summed E-state index contributed by atoms with van der Waals surface area (Å²) in [4.78, 5) is 0. The van der Waals surface area contributed by atoms with Crippen LogP contribution in [0.2, 0.25) is 0 Å². The van der Waals surface area contributed by atoms with Gasteiger partial charge in [0.2, 0.25) is 0 Å². The molecular weight excluding hydrogens is 176 g/mol. The summed E-state index contributed by atoms with van der Waals surface area (Å²) in [5.74, 6) is 1.57. The molecule has 0 saturated carbocycles. The van der Waals surface area contributed by atoms with Crippen molar-refractivity contribution in [2.24, 2.45) is 11.8 Å². The van der Waals surface area contributed by atoms with Gasteiger partial charge in [0, 0.05) is 13.2 Å². The molecule has 0 amide bonds. The molecule has 2 unspecified atom stereocenters. The summed E-state index contributed by atoms with van der Waals surface area (Å²) < 4.78 is 11.3. The Balaban J connectivity index is 1.75. The van der Waals surface area contributed by atoms with Crippen molar-refractivity contribution in [1.82, 2.24) is 0 Å². The van der Waals surface area contributed by atoms with Crippen molar-refractivity contribution < 1.29 is 9.47 Å². The van der Waals surface area contributed by atoms with Crippen LogP contribution in [0.3, 0.4) is 0 Å². The average molecular weight is 198 g/mol.